The van der Waals surface area contributed by atoms with E-state index in [1.807, 2.05) is 41.3 Å². The van der Waals surface area contributed by atoms with Crippen molar-refractivity contribution in [3.63, 3.8) is 0 Å². The Hall–Kier alpha value is -3.65. The summed E-state index contributed by atoms with van der Waals surface area (Å²) in [5.41, 5.74) is 3.64. The Morgan fingerprint density at radius 1 is 1.16 bits per heavy atom. The fourth-order valence-electron chi connectivity index (χ4n) is 5.07. The van der Waals surface area contributed by atoms with Gasteiger partial charge in [0, 0.05) is 24.7 Å². The number of aromatic nitrogens is 2. The molecular formula is C30H36N4O4. The summed E-state index contributed by atoms with van der Waals surface area (Å²) in [6, 6.07) is 15.2. The number of H-pyrrole nitrogens is 1. The number of carbonyl (C=O) groups excluding carboxylic acids is 2. The largest absolute Gasteiger partial charge is 0.497 e. The van der Waals surface area contributed by atoms with Crippen molar-refractivity contribution in [3.8, 4) is 5.75 Å². The average molecular weight is 517 g/mol. The molecule has 2 heterocycles. The second kappa shape index (κ2) is 11.4. The minimum Gasteiger partial charge on any atom is -0.497 e. The van der Waals surface area contributed by atoms with Gasteiger partial charge >= 0.3 is 0 Å². The van der Waals surface area contributed by atoms with Crippen molar-refractivity contribution < 1.29 is 19.1 Å². The lowest BCUT2D eigenvalue weighted by Crippen LogP contribution is -2.66. The molecule has 2 aromatic carbocycles. The molecule has 5 rings (SSSR count). The third kappa shape index (κ3) is 6.07. The van der Waals surface area contributed by atoms with Gasteiger partial charge in [-0.05, 0) is 60.9 Å². The number of nitrogens with zero attached hydrogens (tertiary/aromatic N) is 2. The fraction of sp³-hybridized carbons (Fsp3) is 0.433. The maximum Gasteiger partial charge on any atom is 0.245 e. The molecule has 1 saturated heterocycles. The van der Waals surface area contributed by atoms with Crippen LogP contribution in [-0.2, 0) is 32.8 Å². The molecule has 2 amide bonds. The molecule has 2 N–H and O–H groups in total. The van der Waals surface area contributed by atoms with E-state index >= 15 is 0 Å². The molecule has 38 heavy (non-hydrogen) atoms. The molecule has 2 fully saturated rings. The van der Waals surface area contributed by atoms with Crippen LogP contribution in [0.5, 0.6) is 5.75 Å². The highest BCUT2D eigenvalue weighted by Gasteiger charge is 2.50. The van der Waals surface area contributed by atoms with Gasteiger partial charge in [-0.25, -0.2) is 4.98 Å². The van der Waals surface area contributed by atoms with Crippen LogP contribution in [0.15, 0.2) is 61.1 Å². The monoisotopic (exact) mass is 516 g/mol. The van der Waals surface area contributed by atoms with Crippen molar-refractivity contribution in [2.45, 2.75) is 50.7 Å². The number of rotatable bonds is 12. The smallest absolute Gasteiger partial charge is 0.245 e. The summed E-state index contributed by atoms with van der Waals surface area (Å²) in [5.74, 6) is 1.12. The molecule has 200 valence electrons. The predicted octanol–water partition coefficient (Wildman–Crippen LogP) is 3.55. The van der Waals surface area contributed by atoms with E-state index in [1.54, 1.807) is 19.6 Å². The number of benzene rings is 2. The van der Waals surface area contributed by atoms with Gasteiger partial charge in [-0.2, -0.15) is 0 Å². The van der Waals surface area contributed by atoms with Crippen LogP contribution in [0.1, 0.15) is 41.6 Å². The van der Waals surface area contributed by atoms with E-state index in [2.05, 4.69) is 34.3 Å². The third-order valence-electron chi connectivity index (χ3n) is 7.54. The molecule has 0 bridgehead atoms. The van der Waals surface area contributed by atoms with E-state index in [-0.39, 0.29) is 18.2 Å². The highest BCUT2D eigenvalue weighted by atomic mass is 16.5. The molecule has 8 heteroatoms. The number of ether oxygens (including phenoxy) is 2. The van der Waals surface area contributed by atoms with Crippen LogP contribution in [0.4, 0.5) is 0 Å². The lowest BCUT2D eigenvalue weighted by molar-refractivity contribution is -0.176. The van der Waals surface area contributed by atoms with Crippen LogP contribution in [0, 0.1) is 12.8 Å². The Bertz CT molecular complexity index is 1230. The molecule has 3 aromatic rings. The van der Waals surface area contributed by atoms with E-state index in [4.69, 9.17) is 9.47 Å². The van der Waals surface area contributed by atoms with E-state index in [1.165, 1.54) is 12.8 Å². The normalized spacial score (nSPS) is 16.9. The third-order valence-corrected chi connectivity index (χ3v) is 7.54. The highest BCUT2D eigenvalue weighted by Crippen LogP contribution is 2.40. The van der Waals surface area contributed by atoms with Crippen LogP contribution in [-0.4, -0.2) is 59.5 Å². The summed E-state index contributed by atoms with van der Waals surface area (Å²) in [4.78, 5) is 35.5. The van der Waals surface area contributed by atoms with Gasteiger partial charge in [0.15, 0.2) is 0 Å². The first-order valence-corrected chi connectivity index (χ1v) is 13.3. The number of carbonyl (C=O) groups is 2. The maximum absolute atomic E-state index is 13.8. The molecule has 1 aliphatic heterocycles. The maximum atomic E-state index is 13.8. The zero-order valence-electron chi connectivity index (χ0n) is 22.1. The molecule has 1 atom stereocenters. The highest BCUT2D eigenvalue weighted by molar-refractivity contribution is 5.88. The lowest BCUT2D eigenvalue weighted by atomic mass is 9.82. The van der Waals surface area contributed by atoms with E-state index in [0.29, 0.717) is 31.8 Å². The minimum atomic E-state index is -0.670. The van der Waals surface area contributed by atoms with Crippen molar-refractivity contribution in [2.75, 3.05) is 26.8 Å². The van der Waals surface area contributed by atoms with Gasteiger partial charge in [0.25, 0.3) is 0 Å². The van der Waals surface area contributed by atoms with Gasteiger partial charge in [-0.3, -0.25) is 9.59 Å². The summed E-state index contributed by atoms with van der Waals surface area (Å²) >= 11 is 0. The zero-order chi connectivity index (χ0) is 26.5. The lowest BCUT2D eigenvalue weighted by Gasteiger charge is -2.51. The number of imidazole rings is 1. The predicted molar refractivity (Wildman–Crippen MR) is 144 cm³/mol. The Labute approximate surface area is 223 Å². The van der Waals surface area contributed by atoms with Gasteiger partial charge in [-0.1, -0.05) is 36.4 Å². The number of nitrogens with one attached hydrogen (secondary N) is 2. The van der Waals surface area contributed by atoms with Crippen LogP contribution in [0.25, 0.3) is 0 Å². The Morgan fingerprint density at radius 3 is 2.58 bits per heavy atom. The van der Waals surface area contributed by atoms with Gasteiger partial charge in [0.1, 0.15) is 17.4 Å². The number of hydrogen-bond donors (Lipinski definition) is 2. The van der Waals surface area contributed by atoms with Gasteiger partial charge < -0.3 is 24.7 Å². The topological polar surface area (TPSA) is 96.5 Å². The van der Waals surface area contributed by atoms with Crippen LogP contribution < -0.4 is 10.1 Å². The van der Waals surface area contributed by atoms with E-state index < -0.39 is 11.6 Å². The van der Waals surface area contributed by atoms with Crippen LogP contribution in [0.2, 0.25) is 0 Å². The number of likely N-dealkylation sites (tertiary alicyclic amines) is 1. The molecule has 8 nitrogen and oxygen atoms in total. The van der Waals surface area contributed by atoms with Crippen molar-refractivity contribution in [3.05, 3.63) is 83.4 Å². The molecular weight excluding hydrogens is 480 g/mol. The summed E-state index contributed by atoms with van der Waals surface area (Å²) in [6.07, 6.45) is 6.92. The zero-order valence-corrected chi connectivity index (χ0v) is 22.1. The van der Waals surface area contributed by atoms with Crippen molar-refractivity contribution in [1.82, 2.24) is 20.2 Å². The number of hydrogen-bond acceptors (Lipinski definition) is 5. The Kier molecular flexibility index (Phi) is 7.79. The van der Waals surface area contributed by atoms with Crippen molar-refractivity contribution in [1.29, 1.82) is 0 Å². The Balaban J connectivity index is 1.30. The van der Waals surface area contributed by atoms with E-state index in [9.17, 15) is 9.59 Å². The van der Waals surface area contributed by atoms with Gasteiger partial charge in [-0.15, -0.1) is 0 Å². The SMILES string of the molecule is COc1ccc(C[C@H](NC(=O)CCc2cnc[nH]2)C(=O)N2CC(OCC3CC3)(c3ccccc3C)C2)cc1. The molecule has 0 spiro atoms. The van der Waals surface area contributed by atoms with Crippen molar-refractivity contribution >= 4 is 11.8 Å². The van der Waals surface area contributed by atoms with Crippen molar-refractivity contribution in [2.24, 2.45) is 5.92 Å². The molecule has 1 aliphatic carbocycles. The second-order valence-electron chi connectivity index (χ2n) is 10.5. The molecule has 2 aliphatic rings. The van der Waals surface area contributed by atoms with Gasteiger partial charge in [0.2, 0.25) is 11.8 Å². The quantitative estimate of drug-likeness (QED) is 0.384. The summed E-state index contributed by atoms with van der Waals surface area (Å²) in [6.45, 7) is 3.77. The first kappa shape index (κ1) is 26.0. The summed E-state index contributed by atoms with van der Waals surface area (Å²) < 4.78 is 11.8. The fourth-order valence-corrected chi connectivity index (χ4v) is 5.07. The number of methoxy groups -OCH3 is 1. The molecule has 1 aromatic heterocycles. The number of aromatic amines is 1. The molecule has 0 radical (unpaired) electrons. The van der Waals surface area contributed by atoms with E-state index in [0.717, 1.165) is 34.7 Å². The number of amides is 2. The first-order chi connectivity index (χ1) is 18.5. The standard InChI is InChI=1S/C30H36N4O4/c1-21-5-3-4-6-26(21)30(38-17-23-7-8-23)18-34(19-30)29(36)27(15-22-9-12-25(37-2)13-10-22)33-28(35)14-11-24-16-31-20-32-24/h3-6,9-10,12-13,16,20,23,27H,7-8,11,14-15,17-19H2,1-2H3,(H,31,32)(H,33,35)/t27-/m0/s1. The van der Waals surface area contributed by atoms with Gasteiger partial charge in [0.05, 0.1) is 33.1 Å². The second-order valence-corrected chi connectivity index (χ2v) is 10.5. The first-order valence-electron chi connectivity index (χ1n) is 13.3. The average Bonchev–Trinajstić information content (AvgIpc) is 3.59. The minimum absolute atomic E-state index is 0.0880. The Morgan fingerprint density at radius 2 is 1.92 bits per heavy atom. The summed E-state index contributed by atoms with van der Waals surface area (Å²) in [5, 5.41) is 3.01. The van der Waals surface area contributed by atoms with Crippen LogP contribution >= 0.6 is 0 Å². The molecule has 1 saturated carbocycles. The number of aryl methyl sites for hydroxylation is 2. The summed E-state index contributed by atoms with van der Waals surface area (Å²) in [7, 11) is 1.62. The van der Waals surface area contributed by atoms with Crippen LogP contribution in [0.3, 0.4) is 0 Å². The molecule has 0 unspecified atom stereocenters.